The van der Waals surface area contributed by atoms with E-state index < -0.39 is 10.0 Å². The minimum absolute atomic E-state index is 0.344. The SMILES string of the molecule is O=S(=O)(NC[C@H]1C[C@@H]2CCN1C[C@H]2CN1CCC(Cc2ccccc2)CC1)c1cccs1. The molecular formula is C25H35N3O2S2. The summed E-state index contributed by atoms with van der Waals surface area (Å²) in [6.45, 7) is 6.45. The summed E-state index contributed by atoms with van der Waals surface area (Å²) in [5.41, 5.74) is 1.48. The average molecular weight is 474 g/mol. The number of fused-ring (bicyclic) bond motifs is 3. The minimum Gasteiger partial charge on any atom is -0.303 e. The summed E-state index contributed by atoms with van der Waals surface area (Å²) >= 11 is 1.28. The lowest BCUT2D eigenvalue weighted by Gasteiger charge is -2.51. The fourth-order valence-corrected chi connectivity index (χ4v) is 8.12. The Balaban J connectivity index is 1.08. The van der Waals surface area contributed by atoms with Gasteiger partial charge < -0.3 is 4.90 Å². The molecule has 4 aliphatic heterocycles. The highest BCUT2D eigenvalue weighted by Crippen LogP contribution is 2.37. The van der Waals surface area contributed by atoms with Crippen molar-refractivity contribution in [2.75, 3.05) is 39.3 Å². The van der Waals surface area contributed by atoms with Crippen LogP contribution in [0.15, 0.2) is 52.1 Å². The van der Waals surface area contributed by atoms with E-state index in [4.69, 9.17) is 0 Å². The van der Waals surface area contributed by atoms with Gasteiger partial charge in [-0.3, -0.25) is 4.90 Å². The van der Waals surface area contributed by atoms with Crippen LogP contribution in [-0.4, -0.2) is 63.5 Å². The van der Waals surface area contributed by atoms with Crippen LogP contribution in [0.2, 0.25) is 0 Å². The predicted octanol–water partition coefficient (Wildman–Crippen LogP) is 3.69. The van der Waals surface area contributed by atoms with Gasteiger partial charge in [0.1, 0.15) is 4.21 Å². The van der Waals surface area contributed by atoms with Crippen LogP contribution < -0.4 is 4.72 Å². The van der Waals surface area contributed by atoms with Crippen LogP contribution in [0.1, 0.15) is 31.2 Å². The van der Waals surface area contributed by atoms with Crippen molar-refractivity contribution in [1.82, 2.24) is 14.5 Å². The van der Waals surface area contributed by atoms with Crippen LogP contribution in [0.3, 0.4) is 0 Å². The molecule has 174 valence electrons. The molecule has 5 heterocycles. The third kappa shape index (κ3) is 5.28. The molecule has 6 rings (SSSR count). The van der Waals surface area contributed by atoms with Crippen molar-refractivity contribution >= 4 is 21.4 Å². The molecule has 4 saturated heterocycles. The Kier molecular flexibility index (Phi) is 7.00. The van der Waals surface area contributed by atoms with E-state index in [9.17, 15) is 8.42 Å². The molecular weight excluding hydrogens is 438 g/mol. The maximum Gasteiger partial charge on any atom is 0.250 e. The normalized spacial score (nSPS) is 29.4. The van der Waals surface area contributed by atoms with Gasteiger partial charge in [-0.2, -0.15) is 0 Å². The van der Waals surface area contributed by atoms with Crippen molar-refractivity contribution in [3.63, 3.8) is 0 Å². The number of sulfonamides is 1. The molecule has 1 unspecified atom stereocenters. The number of nitrogens with zero attached hydrogens (tertiary/aromatic N) is 2. The first kappa shape index (κ1) is 22.5. The van der Waals surface area contributed by atoms with E-state index in [-0.39, 0.29) is 0 Å². The number of rotatable bonds is 8. The van der Waals surface area contributed by atoms with Crippen molar-refractivity contribution < 1.29 is 8.42 Å². The molecule has 5 nitrogen and oxygen atoms in total. The summed E-state index contributed by atoms with van der Waals surface area (Å²) in [4.78, 5) is 5.24. The lowest BCUT2D eigenvalue weighted by atomic mass is 9.75. The van der Waals surface area contributed by atoms with E-state index >= 15 is 0 Å². The average Bonchev–Trinajstić information content (AvgIpc) is 3.37. The molecule has 4 fully saturated rings. The Morgan fingerprint density at radius 2 is 1.81 bits per heavy atom. The van der Waals surface area contributed by atoms with Gasteiger partial charge in [0.15, 0.2) is 0 Å². The van der Waals surface area contributed by atoms with Gasteiger partial charge >= 0.3 is 0 Å². The number of hydrogen-bond acceptors (Lipinski definition) is 5. The smallest absolute Gasteiger partial charge is 0.250 e. The summed E-state index contributed by atoms with van der Waals surface area (Å²) in [6.07, 6.45) is 6.23. The molecule has 7 heteroatoms. The fraction of sp³-hybridized carbons (Fsp3) is 0.600. The summed E-state index contributed by atoms with van der Waals surface area (Å²) < 4.78 is 28.3. The Bertz CT molecular complexity index is 956. The second kappa shape index (κ2) is 9.94. The highest BCUT2D eigenvalue weighted by molar-refractivity contribution is 7.91. The number of nitrogens with one attached hydrogen (secondary N) is 1. The van der Waals surface area contributed by atoms with Gasteiger partial charge in [-0.15, -0.1) is 11.3 Å². The van der Waals surface area contributed by atoms with E-state index in [0.717, 1.165) is 37.3 Å². The summed E-state index contributed by atoms with van der Waals surface area (Å²) in [7, 11) is -3.36. The number of hydrogen-bond donors (Lipinski definition) is 1. The number of piperidine rings is 4. The second-order valence-corrected chi connectivity index (χ2v) is 12.9. The highest BCUT2D eigenvalue weighted by Gasteiger charge is 2.41. The molecule has 0 radical (unpaired) electrons. The molecule has 0 spiro atoms. The lowest BCUT2D eigenvalue weighted by molar-refractivity contribution is -0.0139. The van der Waals surface area contributed by atoms with Crippen LogP contribution in [0, 0.1) is 17.8 Å². The third-order valence-electron chi connectivity index (χ3n) is 7.85. The first-order valence-corrected chi connectivity index (χ1v) is 14.5. The third-order valence-corrected chi connectivity index (χ3v) is 10.7. The monoisotopic (exact) mass is 473 g/mol. The standard InChI is InChI=1S/C25H35N3O2S2/c29-32(30,25-7-4-14-31-25)26-17-24-16-22-10-13-28(24)19-23(22)18-27-11-8-21(9-12-27)15-20-5-2-1-3-6-20/h1-7,14,21-24,26H,8-13,15-19H2/t22-,23+,24+/m0/s1. The summed E-state index contributed by atoms with van der Waals surface area (Å²) in [5, 5.41) is 1.82. The van der Waals surface area contributed by atoms with Crippen LogP contribution in [0.5, 0.6) is 0 Å². The molecule has 2 bridgehead atoms. The molecule has 1 aromatic heterocycles. The van der Waals surface area contributed by atoms with Crippen molar-refractivity contribution in [3.8, 4) is 0 Å². The van der Waals surface area contributed by atoms with Crippen molar-refractivity contribution in [1.29, 1.82) is 0 Å². The van der Waals surface area contributed by atoms with Crippen molar-refractivity contribution in [3.05, 3.63) is 53.4 Å². The van der Waals surface area contributed by atoms with Crippen molar-refractivity contribution in [2.45, 2.75) is 42.4 Å². The van der Waals surface area contributed by atoms with Gasteiger partial charge in [0, 0.05) is 25.7 Å². The van der Waals surface area contributed by atoms with E-state index in [1.807, 2.05) is 5.38 Å². The van der Waals surface area contributed by atoms with Crippen LogP contribution in [0.4, 0.5) is 0 Å². The van der Waals surface area contributed by atoms with Gasteiger partial charge in [0.05, 0.1) is 0 Å². The highest BCUT2D eigenvalue weighted by atomic mass is 32.2. The van der Waals surface area contributed by atoms with Gasteiger partial charge in [-0.25, -0.2) is 13.1 Å². The Morgan fingerprint density at radius 1 is 1.00 bits per heavy atom. The predicted molar refractivity (Wildman–Crippen MR) is 130 cm³/mol. The second-order valence-electron chi connectivity index (χ2n) is 9.91. The van der Waals surface area contributed by atoms with Crippen LogP contribution >= 0.6 is 11.3 Å². The maximum absolute atomic E-state index is 12.5. The molecule has 4 atom stereocenters. The molecule has 0 amide bonds. The zero-order valence-electron chi connectivity index (χ0n) is 18.7. The molecule has 1 aromatic carbocycles. The molecule has 32 heavy (non-hydrogen) atoms. The number of benzene rings is 1. The quantitative estimate of drug-likeness (QED) is 0.635. The van der Waals surface area contributed by atoms with Crippen LogP contribution in [0.25, 0.3) is 0 Å². The Morgan fingerprint density at radius 3 is 2.50 bits per heavy atom. The number of likely N-dealkylation sites (tertiary alicyclic amines) is 1. The van der Waals surface area contributed by atoms with E-state index in [2.05, 4.69) is 44.9 Å². The Hall–Kier alpha value is -1.25. The first-order chi connectivity index (χ1) is 15.6. The largest absolute Gasteiger partial charge is 0.303 e. The zero-order valence-corrected chi connectivity index (χ0v) is 20.4. The fourth-order valence-electron chi connectivity index (χ4n) is 6.01. The van der Waals surface area contributed by atoms with E-state index in [1.54, 1.807) is 12.1 Å². The Labute approximate surface area is 196 Å². The summed E-state index contributed by atoms with van der Waals surface area (Å²) in [5.74, 6) is 2.29. The molecule has 4 aliphatic rings. The van der Waals surface area contributed by atoms with E-state index in [0.29, 0.717) is 16.8 Å². The minimum atomic E-state index is -3.36. The van der Waals surface area contributed by atoms with E-state index in [1.165, 1.54) is 62.2 Å². The van der Waals surface area contributed by atoms with Gasteiger partial charge in [0.2, 0.25) is 10.0 Å². The van der Waals surface area contributed by atoms with Gasteiger partial charge in [0.25, 0.3) is 0 Å². The van der Waals surface area contributed by atoms with Crippen molar-refractivity contribution in [2.24, 2.45) is 17.8 Å². The summed E-state index contributed by atoms with van der Waals surface area (Å²) in [6, 6.07) is 14.7. The van der Waals surface area contributed by atoms with Gasteiger partial charge in [-0.1, -0.05) is 36.4 Å². The zero-order chi connectivity index (χ0) is 22.0. The molecule has 1 N–H and O–H groups in total. The lowest BCUT2D eigenvalue weighted by Crippen LogP contribution is -2.58. The first-order valence-electron chi connectivity index (χ1n) is 12.1. The van der Waals surface area contributed by atoms with Crippen LogP contribution in [-0.2, 0) is 16.4 Å². The topological polar surface area (TPSA) is 52.7 Å². The number of thiophene rings is 1. The molecule has 2 aromatic rings. The van der Waals surface area contributed by atoms with Gasteiger partial charge in [-0.05, 0) is 86.5 Å². The molecule has 0 aliphatic carbocycles. The maximum atomic E-state index is 12.5. The molecule has 0 saturated carbocycles.